The van der Waals surface area contributed by atoms with Crippen molar-refractivity contribution in [3.8, 4) is 0 Å². The van der Waals surface area contributed by atoms with Gasteiger partial charge in [-0.3, -0.25) is 9.59 Å². The SMILES string of the molecule is CC/C=C\C/C=C\C/C=C\C/C=C\C[C@H](O)[C@@H](O)CCCC(=O)OC[C@@H](O)COC(=O)CCCCCCCCCCCCCCCC. The van der Waals surface area contributed by atoms with Crippen LogP contribution in [0.3, 0.4) is 0 Å². The van der Waals surface area contributed by atoms with E-state index in [1.807, 2.05) is 12.2 Å². The second-order valence-electron chi connectivity index (χ2n) is 12.6. The van der Waals surface area contributed by atoms with E-state index in [2.05, 4.69) is 50.3 Å². The molecule has 3 N–H and O–H groups in total. The van der Waals surface area contributed by atoms with E-state index < -0.39 is 24.3 Å². The van der Waals surface area contributed by atoms with Crippen LogP contribution in [0.4, 0.5) is 0 Å². The zero-order valence-corrected chi connectivity index (χ0v) is 30.0. The summed E-state index contributed by atoms with van der Waals surface area (Å²) in [7, 11) is 0. The van der Waals surface area contributed by atoms with Gasteiger partial charge in [0.2, 0.25) is 0 Å². The molecule has 0 aliphatic carbocycles. The molecule has 0 heterocycles. The van der Waals surface area contributed by atoms with Crippen LogP contribution in [0.25, 0.3) is 0 Å². The smallest absolute Gasteiger partial charge is 0.305 e. The van der Waals surface area contributed by atoms with Crippen molar-refractivity contribution < 1.29 is 34.4 Å². The maximum Gasteiger partial charge on any atom is 0.305 e. The molecule has 0 radical (unpaired) electrons. The van der Waals surface area contributed by atoms with Gasteiger partial charge >= 0.3 is 11.9 Å². The van der Waals surface area contributed by atoms with Crippen molar-refractivity contribution in [3.05, 3.63) is 48.6 Å². The third-order valence-corrected chi connectivity index (χ3v) is 8.03. The first-order chi connectivity index (χ1) is 22.9. The summed E-state index contributed by atoms with van der Waals surface area (Å²) in [6.07, 6.45) is 36.3. The minimum Gasteiger partial charge on any atom is -0.463 e. The molecular formula is C40H70O7. The standard InChI is InChI=1S/C40H70O7/c1-3-5-7-9-11-13-15-17-18-20-22-24-26-28-32-39(44)46-34-36(41)35-47-40(45)33-29-31-38(43)37(42)30-27-25-23-21-19-16-14-12-10-8-6-4-2/h6,8,12,14,19,21,25,27,36-38,41-43H,3-5,7,9-11,13,15-18,20,22-24,26,28-35H2,1-2H3/b8-6-,14-12-,21-19-,27-25-/t36-,37-,38-/m0/s1. The molecule has 272 valence electrons. The molecule has 7 nitrogen and oxygen atoms in total. The van der Waals surface area contributed by atoms with Crippen molar-refractivity contribution in [3.63, 3.8) is 0 Å². The molecule has 7 heteroatoms. The maximum absolute atomic E-state index is 12.0. The van der Waals surface area contributed by atoms with Crippen LogP contribution in [-0.2, 0) is 19.1 Å². The zero-order chi connectivity index (χ0) is 34.6. The van der Waals surface area contributed by atoms with Gasteiger partial charge in [-0.1, -0.05) is 146 Å². The Morgan fingerprint density at radius 3 is 1.38 bits per heavy atom. The van der Waals surface area contributed by atoms with Crippen molar-refractivity contribution in [1.82, 2.24) is 0 Å². The highest BCUT2D eigenvalue weighted by Gasteiger charge is 2.16. The van der Waals surface area contributed by atoms with E-state index in [9.17, 15) is 24.9 Å². The molecule has 0 bridgehead atoms. The predicted molar refractivity (Wildman–Crippen MR) is 194 cm³/mol. The van der Waals surface area contributed by atoms with Crippen LogP contribution in [0, 0.1) is 0 Å². The summed E-state index contributed by atoms with van der Waals surface area (Å²) < 4.78 is 10.2. The fourth-order valence-electron chi connectivity index (χ4n) is 5.05. The molecule has 47 heavy (non-hydrogen) atoms. The fraction of sp³-hybridized carbons (Fsp3) is 0.750. The fourth-order valence-corrected chi connectivity index (χ4v) is 5.05. The number of ether oxygens (including phenoxy) is 2. The van der Waals surface area contributed by atoms with Crippen LogP contribution < -0.4 is 0 Å². The Morgan fingerprint density at radius 2 is 0.915 bits per heavy atom. The average Bonchev–Trinajstić information content (AvgIpc) is 3.06. The molecule has 0 saturated heterocycles. The highest BCUT2D eigenvalue weighted by molar-refractivity contribution is 5.69. The molecule has 3 atom stereocenters. The van der Waals surface area contributed by atoms with Gasteiger partial charge in [0.25, 0.3) is 0 Å². The molecule has 0 aromatic heterocycles. The lowest BCUT2D eigenvalue weighted by Gasteiger charge is -2.16. The van der Waals surface area contributed by atoms with E-state index in [-0.39, 0.29) is 32.0 Å². The Hall–Kier alpha value is -2.22. The van der Waals surface area contributed by atoms with Crippen LogP contribution in [-0.4, -0.2) is 58.8 Å². The monoisotopic (exact) mass is 663 g/mol. The van der Waals surface area contributed by atoms with Gasteiger partial charge in [0.05, 0.1) is 12.2 Å². The van der Waals surface area contributed by atoms with Gasteiger partial charge in [0.15, 0.2) is 0 Å². The highest BCUT2D eigenvalue weighted by Crippen LogP contribution is 2.14. The number of allylic oxidation sites excluding steroid dienone is 7. The maximum atomic E-state index is 12.0. The third-order valence-electron chi connectivity index (χ3n) is 8.03. The highest BCUT2D eigenvalue weighted by atomic mass is 16.6. The number of esters is 2. The first kappa shape index (κ1) is 44.8. The third kappa shape index (κ3) is 33.5. The largest absolute Gasteiger partial charge is 0.463 e. The van der Waals surface area contributed by atoms with E-state index >= 15 is 0 Å². The van der Waals surface area contributed by atoms with Gasteiger partial charge < -0.3 is 24.8 Å². The molecule has 0 aliphatic rings. The van der Waals surface area contributed by atoms with Crippen molar-refractivity contribution in [1.29, 1.82) is 0 Å². The summed E-state index contributed by atoms with van der Waals surface area (Å²) in [5.41, 5.74) is 0. The Labute approximate surface area is 287 Å². The van der Waals surface area contributed by atoms with Gasteiger partial charge in [-0.25, -0.2) is 0 Å². The van der Waals surface area contributed by atoms with Crippen molar-refractivity contribution >= 4 is 11.9 Å². The number of hydrogen-bond donors (Lipinski definition) is 3. The van der Waals surface area contributed by atoms with Crippen LogP contribution in [0.1, 0.15) is 162 Å². The van der Waals surface area contributed by atoms with Crippen LogP contribution in [0.2, 0.25) is 0 Å². The zero-order valence-electron chi connectivity index (χ0n) is 30.0. The number of rotatable bonds is 33. The number of aliphatic hydroxyl groups is 3. The molecule has 0 spiro atoms. The Bertz CT molecular complexity index is 832. The summed E-state index contributed by atoms with van der Waals surface area (Å²) in [4.78, 5) is 23.9. The molecular weight excluding hydrogens is 592 g/mol. The number of hydrogen-bond acceptors (Lipinski definition) is 7. The topological polar surface area (TPSA) is 113 Å². The van der Waals surface area contributed by atoms with Crippen molar-refractivity contribution in [2.24, 2.45) is 0 Å². The summed E-state index contributed by atoms with van der Waals surface area (Å²) >= 11 is 0. The van der Waals surface area contributed by atoms with Crippen molar-refractivity contribution in [2.75, 3.05) is 13.2 Å². The lowest BCUT2D eigenvalue weighted by Crippen LogP contribution is -2.26. The van der Waals surface area contributed by atoms with E-state index in [0.29, 0.717) is 19.3 Å². The minimum atomic E-state index is -1.07. The van der Waals surface area contributed by atoms with Gasteiger partial charge in [0.1, 0.15) is 19.3 Å². The van der Waals surface area contributed by atoms with E-state index in [1.165, 1.54) is 70.6 Å². The van der Waals surface area contributed by atoms with E-state index in [4.69, 9.17) is 9.47 Å². The van der Waals surface area contributed by atoms with Crippen LogP contribution in [0.15, 0.2) is 48.6 Å². The molecule has 0 aromatic rings. The average molecular weight is 663 g/mol. The molecule has 0 aliphatic heterocycles. The van der Waals surface area contributed by atoms with E-state index in [0.717, 1.165) is 44.9 Å². The lowest BCUT2D eigenvalue weighted by molar-refractivity contribution is -0.152. The minimum absolute atomic E-state index is 0.0688. The van der Waals surface area contributed by atoms with Gasteiger partial charge in [-0.05, 0) is 51.4 Å². The Balaban J connectivity index is 3.70. The summed E-state index contributed by atoms with van der Waals surface area (Å²) in [6, 6.07) is 0. The normalized spacial score (nSPS) is 14.1. The molecule has 0 aromatic carbocycles. The number of unbranched alkanes of at least 4 members (excludes halogenated alkanes) is 13. The summed E-state index contributed by atoms with van der Waals surface area (Å²) in [5, 5.41) is 30.3. The first-order valence-electron chi connectivity index (χ1n) is 18.9. The van der Waals surface area contributed by atoms with Crippen LogP contribution in [0.5, 0.6) is 0 Å². The van der Waals surface area contributed by atoms with Gasteiger partial charge in [-0.15, -0.1) is 0 Å². The molecule has 0 amide bonds. The molecule has 0 saturated carbocycles. The van der Waals surface area contributed by atoms with E-state index in [1.54, 1.807) is 0 Å². The quantitative estimate of drug-likeness (QED) is 0.0364. The molecule has 0 rings (SSSR count). The summed E-state index contributed by atoms with van der Waals surface area (Å²) in [6.45, 7) is 3.92. The second kappa shape index (κ2) is 35.1. The predicted octanol–water partition coefficient (Wildman–Crippen LogP) is 9.39. The Morgan fingerprint density at radius 1 is 0.511 bits per heavy atom. The summed E-state index contributed by atoms with van der Waals surface area (Å²) in [5.74, 6) is -0.842. The van der Waals surface area contributed by atoms with Crippen molar-refractivity contribution in [2.45, 2.75) is 180 Å². The number of aliphatic hydroxyl groups excluding tert-OH is 3. The van der Waals surface area contributed by atoms with Gasteiger partial charge in [-0.2, -0.15) is 0 Å². The number of carbonyl (C=O) groups is 2. The number of carbonyl (C=O) groups excluding carboxylic acids is 2. The molecule has 0 unspecified atom stereocenters. The molecule has 0 fully saturated rings. The first-order valence-corrected chi connectivity index (χ1v) is 18.9. The second-order valence-corrected chi connectivity index (χ2v) is 12.6. The van der Waals surface area contributed by atoms with Gasteiger partial charge in [0, 0.05) is 12.8 Å². The lowest BCUT2D eigenvalue weighted by atomic mass is 10.0. The Kier molecular flexibility index (Phi) is 33.4. The van der Waals surface area contributed by atoms with Crippen LogP contribution >= 0.6 is 0 Å².